The topological polar surface area (TPSA) is 59.1 Å². The highest BCUT2D eigenvalue weighted by Crippen LogP contribution is 2.22. The molecule has 0 aliphatic rings. The molecule has 0 amide bonds. The van der Waals surface area contributed by atoms with Crippen LogP contribution in [-0.2, 0) is 9.84 Å². The van der Waals surface area contributed by atoms with Crippen LogP contribution in [0.3, 0.4) is 0 Å². The van der Waals surface area contributed by atoms with E-state index < -0.39 is 9.84 Å². The van der Waals surface area contributed by atoms with Crippen LogP contribution in [0, 0.1) is 11.2 Å². The molecule has 0 unspecified atom stereocenters. The first kappa shape index (κ1) is 16.7. The van der Waals surface area contributed by atoms with Crippen molar-refractivity contribution in [3.8, 4) is 0 Å². The van der Waals surface area contributed by atoms with Crippen LogP contribution in [0.1, 0.15) is 20.3 Å². The summed E-state index contributed by atoms with van der Waals surface area (Å²) in [6, 6.07) is 8.22. The molecule has 6 heteroatoms. The number of nitrogens with zero attached hydrogens (tertiary/aromatic N) is 1. The van der Waals surface area contributed by atoms with Crippen LogP contribution >= 0.6 is 0 Å². The summed E-state index contributed by atoms with van der Waals surface area (Å²) < 4.78 is 35.8. The van der Waals surface area contributed by atoms with Gasteiger partial charge in [-0.25, -0.2) is 17.8 Å². The Kier molecular flexibility index (Phi) is 4.70. The second-order valence-corrected chi connectivity index (χ2v) is 8.69. The lowest BCUT2D eigenvalue weighted by molar-refractivity contribution is 0.376. The van der Waals surface area contributed by atoms with Crippen LogP contribution in [0.5, 0.6) is 0 Å². The van der Waals surface area contributed by atoms with Gasteiger partial charge in [-0.2, -0.15) is 0 Å². The molecule has 0 atom stereocenters. The number of nitrogens with one attached hydrogen (secondary N) is 1. The molecule has 2 aromatic rings. The van der Waals surface area contributed by atoms with E-state index in [4.69, 9.17) is 0 Å². The quantitative estimate of drug-likeness (QED) is 0.886. The molecule has 1 heterocycles. The van der Waals surface area contributed by atoms with E-state index >= 15 is 0 Å². The molecule has 0 aliphatic carbocycles. The third-order valence-corrected chi connectivity index (χ3v) is 4.50. The highest BCUT2D eigenvalue weighted by molar-refractivity contribution is 7.90. The Morgan fingerprint density at radius 1 is 1.23 bits per heavy atom. The van der Waals surface area contributed by atoms with Gasteiger partial charge in [0, 0.05) is 24.3 Å². The average molecular weight is 324 g/mol. The number of fused-ring (bicyclic) bond motifs is 1. The molecular formula is C16H21FN2O2S. The predicted octanol–water partition coefficient (Wildman–Crippen LogP) is 3.25. The Hall–Kier alpha value is -1.69. The molecule has 1 N–H and O–H groups in total. The summed E-state index contributed by atoms with van der Waals surface area (Å²) in [4.78, 5) is 4.38. The molecule has 4 nitrogen and oxygen atoms in total. The number of sulfone groups is 1. The van der Waals surface area contributed by atoms with E-state index in [1.54, 1.807) is 6.07 Å². The standard InChI is InChI=1S/C16H21FN2O2S/c1-16(2,8-9-22(3,20)21)11-18-15-7-5-12-4-6-13(17)10-14(12)19-15/h4-7,10H,8-9,11H2,1-3H3,(H,18,19). The van der Waals surface area contributed by atoms with Crippen molar-refractivity contribution in [2.75, 3.05) is 23.9 Å². The molecule has 0 fully saturated rings. The largest absolute Gasteiger partial charge is 0.370 e. The van der Waals surface area contributed by atoms with E-state index in [2.05, 4.69) is 10.3 Å². The van der Waals surface area contributed by atoms with Crippen LogP contribution in [0.25, 0.3) is 10.9 Å². The molecule has 1 aromatic heterocycles. The number of rotatable bonds is 6. The zero-order chi connectivity index (χ0) is 16.4. The number of hydrogen-bond acceptors (Lipinski definition) is 4. The van der Waals surface area contributed by atoms with Gasteiger partial charge in [-0.15, -0.1) is 0 Å². The minimum absolute atomic E-state index is 0.165. The Morgan fingerprint density at radius 3 is 2.59 bits per heavy atom. The first-order valence-electron chi connectivity index (χ1n) is 7.13. The summed E-state index contributed by atoms with van der Waals surface area (Å²) in [5.74, 6) is 0.508. The SMILES string of the molecule is CC(C)(CCS(C)(=O)=O)CNc1ccc2ccc(F)cc2n1. The molecule has 1 aromatic carbocycles. The Morgan fingerprint density at radius 2 is 1.91 bits per heavy atom. The van der Waals surface area contributed by atoms with Crippen molar-refractivity contribution < 1.29 is 12.8 Å². The van der Waals surface area contributed by atoms with E-state index in [0.29, 0.717) is 24.3 Å². The lowest BCUT2D eigenvalue weighted by Gasteiger charge is -2.25. The van der Waals surface area contributed by atoms with E-state index in [9.17, 15) is 12.8 Å². The van der Waals surface area contributed by atoms with E-state index in [1.807, 2.05) is 26.0 Å². The number of benzene rings is 1. The van der Waals surface area contributed by atoms with Gasteiger partial charge in [0.1, 0.15) is 21.5 Å². The molecule has 0 radical (unpaired) electrons. The predicted molar refractivity (Wildman–Crippen MR) is 88.3 cm³/mol. The molecule has 120 valence electrons. The summed E-state index contributed by atoms with van der Waals surface area (Å²) in [5.41, 5.74) is 0.417. The van der Waals surface area contributed by atoms with Crippen molar-refractivity contribution in [1.82, 2.24) is 4.98 Å². The smallest absolute Gasteiger partial charge is 0.147 e. The molecule has 0 bridgehead atoms. The van der Waals surface area contributed by atoms with E-state index in [0.717, 1.165) is 5.39 Å². The summed E-state index contributed by atoms with van der Waals surface area (Å²) in [6.07, 6.45) is 1.82. The van der Waals surface area contributed by atoms with Crippen LogP contribution in [0.15, 0.2) is 30.3 Å². The summed E-state index contributed by atoms with van der Waals surface area (Å²) >= 11 is 0. The number of halogens is 1. The van der Waals surface area contributed by atoms with Crippen LogP contribution in [0.2, 0.25) is 0 Å². The number of aromatic nitrogens is 1. The van der Waals surface area contributed by atoms with Crippen molar-refractivity contribution in [1.29, 1.82) is 0 Å². The van der Waals surface area contributed by atoms with Gasteiger partial charge >= 0.3 is 0 Å². The maximum absolute atomic E-state index is 13.2. The average Bonchev–Trinajstić information content (AvgIpc) is 2.42. The Bertz CT molecular complexity index is 773. The van der Waals surface area contributed by atoms with Gasteiger partial charge in [-0.05, 0) is 36.1 Å². The number of pyridine rings is 1. The fourth-order valence-corrected chi connectivity index (χ4v) is 2.99. The zero-order valence-electron chi connectivity index (χ0n) is 13.1. The fourth-order valence-electron chi connectivity index (χ4n) is 2.07. The van der Waals surface area contributed by atoms with Crippen LogP contribution in [-0.4, -0.2) is 32.0 Å². The Balaban J connectivity index is 2.04. The van der Waals surface area contributed by atoms with Gasteiger partial charge < -0.3 is 5.32 Å². The zero-order valence-corrected chi connectivity index (χ0v) is 13.9. The first-order chi connectivity index (χ1) is 10.1. The molecule has 0 saturated carbocycles. The maximum Gasteiger partial charge on any atom is 0.147 e. The molecular weight excluding hydrogens is 303 g/mol. The second kappa shape index (κ2) is 6.20. The van der Waals surface area contributed by atoms with Gasteiger partial charge in [0.05, 0.1) is 11.3 Å². The van der Waals surface area contributed by atoms with Gasteiger partial charge in [-0.1, -0.05) is 13.8 Å². The van der Waals surface area contributed by atoms with E-state index in [1.165, 1.54) is 18.4 Å². The van der Waals surface area contributed by atoms with Crippen LogP contribution in [0.4, 0.5) is 10.2 Å². The summed E-state index contributed by atoms with van der Waals surface area (Å²) in [5, 5.41) is 4.08. The second-order valence-electron chi connectivity index (χ2n) is 6.43. The lowest BCUT2D eigenvalue weighted by atomic mass is 9.90. The summed E-state index contributed by atoms with van der Waals surface area (Å²) in [6.45, 7) is 4.61. The van der Waals surface area contributed by atoms with Gasteiger partial charge in [0.2, 0.25) is 0 Å². The van der Waals surface area contributed by atoms with Crippen molar-refractivity contribution >= 4 is 26.6 Å². The number of anilines is 1. The highest BCUT2D eigenvalue weighted by atomic mass is 32.2. The molecule has 0 aliphatic heterocycles. The van der Waals surface area contributed by atoms with Crippen LogP contribution < -0.4 is 5.32 Å². The highest BCUT2D eigenvalue weighted by Gasteiger charge is 2.20. The molecule has 22 heavy (non-hydrogen) atoms. The fraction of sp³-hybridized carbons (Fsp3) is 0.438. The van der Waals surface area contributed by atoms with Gasteiger partial charge in [0.25, 0.3) is 0 Å². The molecule has 2 rings (SSSR count). The molecule has 0 spiro atoms. The van der Waals surface area contributed by atoms with Crippen molar-refractivity contribution in [2.45, 2.75) is 20.3 Å². The third-order valence-electron chi connectivity index (χ3n) is 3.55. The minimum Gasteiger partial charge on any atom is -0.370 e. The van der Waals surface area contributed by atoms with Gasteiger partial charge in [-0.3, -0.25) is 0 Å². The van der Waals surface area contributed by atoms with E-state index in [-0.39, 0.29) is 17.0 Å². The Labute approximate surface area is 130 Å². The van der Waals surface area contributed by atoms with Crippen molar-refractivity contribution in [3.63, 3.8) is 0 Å². The lowest BCUT2D eigenvalue weighted by Crippen LogP contribution is -2.26. The third kappa shape index (κ3) is 4.94. The first-order valence-corrected chi connectivity index (χ1v) is 9.19. The minimum atomic E-state index is -2.96. The van der Waals surface area contributed by atoms with Crippen molar-refractivity contribution in [3.05, 3.63) is 36.1 Å². The normalized spacial score (nSPS) is 12.5. The maximum atomic E-state index is 13.2. The van der Waals surface area contributed by atoms with Crippen molar-refractivity contribution in [2.24, 2.45) is 5.41 Å². The van der Waals surface area contributed by atoms with Gasteiger partial charge in [0.15, 0.2) is 0 Å². The number of hydrogen-bond donors (Lipinski definition) is 1. The monoisotopic (exact) mass is 324 g/mol. The summed E-state index contributed by atoms with van der Waals surface area (Å²) in [7, 11) is -2.96. The molecule has 0 saturated heterocycles.